The molecule has 3 rings (SSSR count). The van der Waals surface area contributed by atoms with Crippen LogP contribution in [0.3, 0.4) is 0 Å². The molecule has 0 radical (unpaired) electrons. The van der Waals surface area contributed by atoms with Gasteiger partial charge in [0.25, 0.3) is 5.91 Å². The molecule has 1 heterocycles. The Balaban J connectivity index is 1.36. The number of amides is 2. The van der Waals surface area contributed by atoms with Gasteiger partial charge in [0, 0.05) is 19.0 Å². The number of rotatable bonds is 8. The third-order valence-electron chi connectivity index (χ3n) is 5.23. The van der Waals surface area contributed by atoms with Crippen molar-refractivity contribution in [2.24, 2.45) is 0 Å². The molecule has 28 heavy (non-hydrogen) atoms. The average Bonchev–Trinajstić information content (AvgIpc) is 2.96. The highest BCUT2D eigenvalue weighted by molar-refractivity contribution is 8.26. The number of carbonyl (C=O) groups excluding carboxylic acids is 2. The summed E-state index contributed by atoms with van der Waals surface area (Å²) in [5.41, 5.74) is 1.01. The molecule has 2 aliphatic rings. The standard InChI is InChI=1S/C22H28N2O2S2/c25-20(23-18-12-6-2-7-13-18)14-8-3-9-15-24-21(26)19(28-22(24)27)16-17-10-4-1-5-11-17/h1,4-5,10-11,16,18H,2-3,6-9,12-15H2,(H,23,25)/b19-16-. The molecule has 6 heteroatoms. The van der Waals surface area contributed by atoms with Crippen molar-refractivity contribution in [2.75, 3.05) is 6.54 Å². The maximum atomic E-state index is 12.6. The molecule has 1 aromatic rings. The Labute approximate surface area is 177 Å². The summed E-state index contributed by atoms with van der Waals surface area (Å²) in [6.07, 6.45) is 11.1. The van der Waals surface area contributed by atoms with Crippen molar-refractivity contribution in [3.05, 3.63) is 40.8 Å². The molecule has 4 nitrogen and oxygen atoms in total. The number of hydrogen-bond acceptors (Lipinski definition) is 4. The minimum absolute atomic E-state index is 0.00565. The van der Waals surface area contributed by atoms with Crippen molar-refractivity contribution in [1.82, 2.24) is 10.2 Å². The molecular weight excluding hydrogens is 388 g/mol. The molecule has 0 spiro atoms. The Kier molecular flexibility index (Phi) is 8.10. The van der Waals surface area contributed by atoms with Crippen molar-refractivity contribution in [2.45, 2.75) is 63.8 Å². The summed E-state index contributed by atoms with van der Waals surface area (Å²) < 4.78 is 0.627. The van der Waals surface area contributed by atoms with Crippen molar-refractivity contribution in [3.63, 3.8) is 0 Å². The topological polar surface area (TPSA) is 49.4 Å². The number of carbonyl (C=O) groups is 2. The summed E-state index contributed by atoms with van der Waals surface area (Å²) >= 11 is 6.75. The molecular formula is C22H28N2O2S2. The van der Waals surface area contributed by atoms with E-state index in [-0.39, 0.29) is 11.8 Å². The van der Waals surface area contributed by atoms with Gasteiger partial charge in [0.1, 0.15) is 4.32 Å². The Morgan fingerprint density at radius 2 is 1.89 bits per heavy atom. The van der Waals surface area contributed by atoms with Crippen LogP contribution in [-0.2, 0) is 9.59 Å². The zero-order valence-corrected chi connectivity index (χ0v) is 17.8. The molecule has 1 saturated carbocycles. The van der Waals surface area contributed by atoms with E-state index in [0.717, 1.165) is 37.7 Å². The Morgan fingerprint density at radius 3 is 2.64 bits per heavy atom. The van der Waals surface area contributed by atoms with Crippen LogP contribution in [0.5, 0.6) is 0 Å². The summed E-state index contributed by atoms with van der Waals surface area (Å²) in [6.45, 7) is 0.626. The zero-order chi connectivity index (χ0) is 19.8. The van der Waals surface area contributed by atoms with Crippen LogP contribution in [0.2, 0.25) is 0 Å². The lowest BCUT2D eigenvalue weighted by Gasteiger charge is -2.22. The lowest BCUT2D eigenvalue weighted by Crippen LogP contribution is -2.36. The van der Waals surface area contributed by atoms with Crippen LogP contribution >= 0.6 is 24.0 Å². The molecule has 1 saturated heterocycles. The monoisotopic (exact) mass is 416 g/mol. The van der Waals surface area contributed by atoms with Crippen LogP contribution in [-0.4, -0.2) is 33.6 Å². The minimum Gasteiger partial charge on any atom is -0.353 e. The lowest BCUT2D eigenvalue weighted by molar-refractivity contribution is -0.123. The molecule has 0 aromatic heterocycles. The van der Waals surface area contributed by atoms with Crippen molar-refractivity contribution < 1.29 is 9.59 Å². The highest BCUT2D eigenvalue weighted by Gasteiger charge is 2.31. The number of hydrogen-bond donors (Lipinski definition) is 1. The van der Waals surface area contributed by atoms with Crippen LogP contribution in [0.1, 0.15) is 63.4 Å². The molecule has 0 unspecified atom stereocenters. The summed E-state index contributed by atoms with van der Waals surface area (Å²) in [7, 11) is 0. The van der Waals surface area contributed by atoms with Gasteiger partial charge in [-0.25, -0.2) is 0 Å². The van der Waals surface area contributed by atoms with Crippen molar-refractivity contribution >= 4 is 46.2 Å². The normalized spacial score (nSPS) is 19.4. The van der Waals surface area contributed by atoms with Gasteiger partial charge >= 0.3 is 0 Å². The Morgan fingerprint density at radius 1 is 1.14 bits per heavy atom. The van der Waals surface area contributed by atoms with Gasteiger partial charge in [0.2, 0.25) is 5.91 Å². The van der Waals surface area contributed by atoms with Crippen LogP contribution in [0.25, 0.3) is 6.08 Å². The maximum absolute atomic E-state index is 12.6. The number of nitrogens with one attached hydrogen (secondary N) is 1. The second-order valence-corrected chi connectivity index (χ2v) is 9.13. The fraction of sp³-hybridized carbons (Fsp3) is 0.500. The van der Waals surface area contributed by atoms with E-state index in [4.69, 9.17) is 12.2 Å². The minimum atomic E-state index is -0.00565. The molecule has 1 N–H and O–H groups in total. The summed E-state index contributed by atoms with van der Waals surface area (Å²) in [5.74, 6) is 0.164. The Bertz CT molecular complexity index is 727. The fourth-order valence-electron chi connectivity index (χ4n) is 3.67. The molecule has 1 aromatic carbocycles. The van der Waals surface area contributed by atoms with E-state index in [2.05, 4.69) is 5.32 Å². The van der Waals surface area contributed by atoms with Gasteiger partial charge in [-0.1, -0.05) is 80.0 Å². The second kappa shape index (κ2) is 10.8. The van der Waals surface area contributed by atoms with Crippen LogP contribution in [0, 0.1) is 0 Å². The van der Waals surface area contributed by atoms with Gasteiger partial charge in [-0.05, 0) is 37.3 Å². The van der Waals surface area contributed by atoms with Gasteiger partial charge in [-0.15, -0.1) is 0 Å². The smallest absolute Gasteiger partial charge is 0.266 e. The van der Waals surface area contributed by atoms with Gasteiger partial charge in [-0.3, -0.25) is 14.5 Å². The first kappa shape index (κ1) is 21.1. The molecule has 1 aliphatic carbocycles. The van der Waals surface area contributed by atoms with E-state index in [9.17, 15) is 9.59 Å². The third kappa shape index (κ3) is 6.17. The van der Waals surface area contributed by atoms with Gasteiger partial charge in [0.05, 0.1) is 4.91 Å². The van der Waals surface area contributed by atoms with Crippen LogP contribution in [0.15, 0.2) is 35.2 Å². The number of nitrogens with zero attached hydrogens (tertiary/aromatic N) is 1. The number of unbranched alkanes of at least 4 members (excludes halogenated alkanes) is 2. The summed E-state index contributed by atoms with van der Waals surface area (Å²) in [4.78, 5) is 27.0. The lowest BCUT2D eigenvalue weighted by atomic mass is 9.95. The summed E-state index contributed by atoms with van der Waals surface area (Å²) in [6, 6.07) is 10.2. The highest BCUT2D eigenvalue weighted by atomic mass is 32.2. The Hall–Kier alpha value is -1.66. The molecule has 1 aliphatic heterocycles. The van der Waals surface area contributed by atoms with Gasteiger partial charge in [-0.2, -0.15) is 0 Å². The number of thioether (sulfide) groups is 1. The maximum Gasteiger partial charge on any atom is 0.266 e. The largest absolute Gasteiger partial charge is 0.353 e. The first-order valence-electron chi connectivity index (χ1n) is 10.2. The summed E-state index contributed by atoms with van der Waals surface area (Å²) in [5, 5.41) is 3.16. The van der Waals surface area contributed by atoms with Crippen LogP contribution < -0.4 is 5.32 Å². The van der Waals surface area contributed by atoms with Gasteiger partial charge in [0.15, 0.2) is 0 Å². The zero-order valence-electron chi connectivity index (χ0n) is 16.2. The fourth-order valence-corrected chi connectivity index (χ4v) is 4.98. The third-order valence-corrected chi connectivity index (χ3v) is 6.60. The molecule has 2 amide bonds. The highest BCUT2D eigenvalue weighted by Crippen LogP contribution is 2.32. The van der Waals surface area contributed by atoms with E-state index >= 15 is 0 Å². The van der Waals surface area contributed by atoms with Crippen molar-refractivity contribution in [1.29, 1.82) is 0 Å². The van der Waals surface area contributed by atoms with E-state index in [1.54, 1.807) is 4.90 Å². The SMILES string of the molecule is O=C(CCCCCN1C(=O)/C(=C/c2ccccc2)SC1=S)NC1CCCCC1. The molecule has 0 atom stereocenters. The van der Waals surface area contributed by atoms with E-state index < -0.39 is 0 Å². The predicted molar refractivity (Wildman–Crippen MR) is 120 cm³/mol. The molecule has 150 valence electrons. The second-order valence-electron chi connectivity index (χ2n) is 7.46. The first-order valence-corrected chi connectivity index (χ1v) is 11.5. The number of benzene rings is 1. The van der Waals surface area contributed by atoms with E-state index in [1.165, 1.54) is 31.0 Å². The number of thiocarbonyl (C=S) groups is 1. The van der Waals surface area contributed by atoms with E-state index in [0.29, 0.717) is 28.2 Å². The molecule has 2 fully saturated rings. The van der Waals surface area contributed by atoms with Crippen molar-refractivity contribution in [3.8, 4) is 0 Å². The average molecular weight is 417 g/mol. The van der Waals surface area contributed by atoms with Crippen LogP contribution in [0.4, 0.5) is 0 Å². The molecule has 0 bridgehead atoms. The predicted octanol–water partition coefficient (Wildman–Crippen LogP) is 4.90. The van der Waals surface area contributed by atoms with Gasteiger partial charge < -0.3 is 5.32 Å². The van der Waals surface area contributed by atoms with E-state index in [1.807, 2.05) is 36.4 Å². The quantitative estimate of drug-likeness (QED) is 0.372. The first-order chi connectivity index (χ1) is 13.6.